The van der Waals surface area contributed by atoms with Crippen LogP contribution in [0.5, 0.6) is 11.5 Å². The third kappa shape index (κ3) is 2.60. The molecule has 5 nitrogen and oxygen atoms in total. The minimum absolute atomic E-state index is 0.0995. The summed E-state index contributed by atoms with van der Waals surface area (Å²) >= 11 is 0. The van der Waals surface area contributed by atoms with Gasteiger partial charge in [0.15, 0.2) is 11.5 Å². The topological polar surface area (TPSA) is 67.8 Å². The van der Waals surface area contributed by atoms with Crippen LogP contribution >= 0.6 is 0 Å². The van der Waals surface area contributed by atoms with Crippen LogP contribution in [-0.2, 0) is 4.79 Å². The van der Waals surface area contributed by atoms with Gasteiger partial charge in [0, 0.05) is 0 Å². The number of carbonyl (C=O) groups is 1. The van der Waals surface area contributed by atoms with E-state index in [2.05, 4.69) is 5.32 Å². The van der Waals surface area contributed by atoms with Crippen molar-refractivity contribution in [3.05, 3.63) is 24.3 Å². The van der Waals surface area contributed by atoms with Gasteiger partial charge in [-0.05, 0) is 62.5 Å². The molecule has 5 aliphatic rings. The van der Waals surface area contributed by atoms with Crippen molar-refractivity contribution >= 4 is 5.91 Å². The second kappa shape index (κ2) is 5.37. The first-order valence-electron chi connectivity index (χ1n) is 9.43. The van der Waals surface area contributed by atoms with Crippen LogP contribution in [-0.4, -0.2) is 35.9 Å². The van der Waals surface area contributed by atoms with E-state index in [9.17, 15) is 9.90 Å². The molecule has 6 rings (SSSR count). The summed E-state index contributed by atoms with van der Waals surface area (Å²) in [5.41, 5.74) is -0.975. The number of hydrogen-bond donors (Lipinski definition) is 2. The molecule has 0 unspecified atom stereocenters. The monoisotopic (exact) mass is 343 g/mol. The van der Waals surface area contributed by atoms with Gasteiger partial charge in [-0.3, -0.25) is 4.79 Å². The lowest BCUT2D eigenvalue weighted by Crippen LogP contribution is -2.60. The fraction of sp³-hybridized carbons (Fsp3) is 0.650. The van der Waals surface area contributed by atoms with Gasteiger partial charge < -0.3 is 19.9 Å². The predicted octanol–water partition coefficient (Wildman–Crippen LogP) is 2.27. The zero-order valence-corrected chi connectivity index (χ0v) is 14.4. The smallest absolute Gasteiger partial charge is 0.226 e. The summed E-state index contributed by atoms with van der Waals surface area (Å²) in [4.78, 5) is 13.0. The highest BCUT2D eigenvalue weighted by molar-refractivity contribution is 5.83. The summed E-state index contributed by atoms with van der Waals surface area (Å²) in [5.74, 6) is 2.62. The van der Waals surface area contributed by atoms with E-state index in [1.54, 1.807) is 0 Å². The molecular weight excluding hydrogens is 318 g/mol. The van der Waals surface area contributed by atoms with E-state index in [1.165, 1.54) is 6.42 Å². The lowest BCUT2D eigenvalue weighted by molar-refractivity contribution is -0.178. The molecule has 4 saturated carbocycles. The normalized spacial score (nSPS) is 40.8. The number of fused-ring (bicyclic) bond motifs is 1. The van der Waals surface area contributed by atoms with Gasteiger partial charge in [-0.15, -0.1) is 0 Å². The van der Waals surface area contributed by atoms with E-state index >= 15 is 0 Å². The summed E-state index contributed by atoms with van der Waals surface area (Å²) in [6.07, 6.45) is 5.28. The van der Waals surface area contributed by atoms with Gasteiger partial charge in [0.1, 0.15) is 12.7 Å². The molecule has 5 heteroatoms. The van der Waals surface area contributed by atoms with Crippen molar-refractivity contribution in [1.29, 1.82) is 0 Å². The highest BCUT2D eigenvalue weighted by atomic mass is 16.6. The van der Waals surface area contributed by atoms with E-state index in [-0.39, 0.29) is 17.4 Å². The molecule has 1 amide bonds. The first-order chi connectivity index (χ1) is 12.0. The van der Waals surface area contributed by atoms with Crippen molar-refractivity contribution < 1.29 is 19.4 Å². The number of ether oxygens (including phenoxy) is 2. The van der Waals surface area contributed by atoms with Crippen LogP contribution in [0.25, 0.3) is 0 Å². The number of nitrogens with one attached hydrogen (secondary N) is 1. The summed E-state index contributed by atoms with van der Waals surface area (Å²) in [7, 11) is 0. The molecule has 1 heterocycles. The molecule has 1 aromatic carbocycles. The average molecular weight is 343 g/mol. The number of hydrogen-bond acceptors (Lipinski definition) is 4. The molecule has 4 fully saturated rings. The molecule has 0 radical (unpaired) electrons. The number of carbonyl (C=O) groups excluding carboxylic acids is 1. The van der Waals surface area contributed by atoms with Gasteiger partial charge in [-0.2, -0.15) is 0 Å². The molecule has 4 aliphatic carbocycles. The number of rotatable bonds is 3. The second-order valence-electron chi connectivity index (χ2n) is 8.67. The Kier molecular flexibility index (Phi) is 3.33. The average Bonchev–Trinajstić information content (AvgIpc) is 2.57. The summed E-state index contributed by atoms with van der Waals surface area (Å²) < 4.78 is 11.6. The van der Waals surface area contributed by atoms with Crippen LogP contribution in [0.15, 0.2) is 24.3 Å². The predicted molar refractivity (Wildman–Crippen MR) is 91.4 cm³/mol. The maximum Gasteiger partial charge on any atom is 0.226 e. The Labute approximate surface area is 147 Å². The van der Waals surface area contributed by atoms with Crippen LogP contribution in [0.4, 0.5) is 0 Å². The first-order valence-corrected chi connectivity index (χ1v) is 9.43. The van der Waals surface area contributed by atoms with Gasteiger partial charge in [0.05, 0.1) is 17.6 Å². The largest absolute Gasteiger partial charge is 0.486 e. The minimum atomic E-state index is -0.606. The molecule has 1 aliphatic heterocycles. The molecule has 0 saturated heterocycles. The Morgan fingerprint density at radius 1 is 1.16 bits per heavy atom. The zero-order chi connectivity index (χ0) is 17.1. The number of para-hydroxylation sites is 2. The van der Waals surface area contributed by atoms with Gasteiger partial charge in [-0.1, -0.05) is 12.1 Å². The van der Waals surface area contributed by atoms with E-state index in [1.807, 2.05) is 24.3 Å². The van der Waals surface area contributed by atoms with E-state index in [4.69, 9.17) is 9.47 Å². The summed E-state index contributed by atoms with van der Waals surface area (Å²) in [5, 5.41) is 13.9. The van der Waals surface area contributed by atoms with Gasteiger partial charge in [-0.25, -0.2) is 0 Å². The van der Waals surface area contributed by atoms with Crippen molar-refractivity contribution in [2.24, 2.45) is 17.3 Å². The molecule has 4 bridgehead atoms. The summed E-state index contributed by atoms with van der Waals surface area (Å²) in [6.45, 7) is 0.891. The van der Waals surface area contributed by atoms with Crippen LogP contribution in [0.3, 0.4) is 0 Å². The highest BCUT2D eigenvalue weighted by Gasteiger charge is 2.60. The molecule has 1 aromatic rings. The fourth-order valence-corrected chi connectivity index (χ4v) is 6.04. The second-order valence-corrected chi connectivity index (χ2v) is 8.67. The van der Waals surface area contributed by atoms with Gasteiger partial charge in [0.2, 0.25) is 5.91 Å². The lowest BCUT2D eigenvalue weighted by atomic mass is 9.47. The molecule has 134 valence electrons. The van der Waals surface area contributed by atoms with Crippen LogP contribution in [0.1, 0.15) is 38.5 Å². The molecule has 0 aromatic heterocycles. The number of aliphatic hydroxyl groups is 1. The maximum absolute atomic E-state index is 13.0. The van der Waals surface area contributed by atoms with E-state index < -0.39 is 5.60 Å². The number of amides is 1. The van der Waals surface area contributed by atoms with E-state index in [0.717, 1.165) is 37.2 Å². The maximum atomic E-state index is 13.0. The Hall–Kier alpha value is -1.75. The standard InChI is InChI=1S/C20H25NO4/c22-18(19-6-13-5-14(7-19)9-20(23,8-13)12-19)21-10-15-11-24-16-3-1-2-4-17(16)25-15/h1-4,13-15,23H,5-12H2,(H,21,22)/t13-,14-,15+,19?,20?/m1/s1. The third-order valence-corrected chi connectivity index (χ3v) is 6.57. The van der Waals surface area contributed by atoms with Crippen LogP contribution < -0.4 is 14.8 Å². The fourth-order valence-electron chi connectivity index (χ4n) is 6.04. The highest BCUT2D eigenvalue weighted by Crippen LogP contribution is 2.61. The Morgan fingerprint density at radius 2 is 1.88 bits per heavy atom. The van der Waals surface area contributed by atoms with Crippen LogP contribution in [0, 0.1) is 17.3 Å². The Bertz CT molecular complexity index is 689. The minimum Gasteiger partial charge on any atom is -0.486 e. The molecule has 25 heavy (non-hydrogen) atoms. The van der Waals surface area contributed by atoms with Crippen molar-refractivity contribution in [2.75, 3.05) is 13.2 Å². The van der Waals surface area contributed by atoms with Crippen molar-refractivity contribution in [1.82, 2.24) is 5.32 Å². The lowest BCUT2D eigenvalue weighted by Gasteiger charge is -2.59. The van der Waals surface area contributed by atoms with E-state index in [0.29, 0.717) is 31.4 Å². The quantitative estimate of drug-likeness (QED) is 0.883. The third-order valence-electron chi connectivity index (χ3n) is 6.57. The molecule has 2 N–H and O–H groups in total. The SMILES string of the molecule is O=C(NC[C@H]1COc2ccccc2O1)C12C[C@H]3C[C@@H](CC(O)(C3)C1)C2. The molecule has 3 atom stereocenters. The number of benzene rings is 1. The Balaban J connectivity index is 1.24. The molecular formula is C20H25NO4. The first kappa shape index (κ1) is 15.5. The molecule has 0 spiro atoms. The van der Waals surface area contributed by atoms with Crippen molar-refractivity contribution in [3.63, 3.8) is 0 Å². The Morgan fingerprint density at radius 3 is 2.60 bits per heavy atom. The van der Waals surface area contributed by atoms with Crippen molar-refractivity contribution in [3.8, 4) is 11.5 Å². The van der Waals surface area contributed by atoms with Crippen molar-refractivity contribution in [2.45, 2.75) is 50.2 Å². The zero-order valence-electron chi connectivity index (χ0n) is 14.4. The van der Waals surface area contributed by atoms with Gasteiger partial charge in [0.25, 0.3) is 0 Å². The van der Waals surface area contributed by atoms with Crippen LogP contribution in [0.2, 0.25) is 0 Å². The van der Waals surface area contributed by atoms with Gasteiger partial charge >= 0.3 is 0 Å². The summed E-state index contributed by atoms with van der Waals surface area (Å²) in [6, 6.07) is 7.61.